The van der Waals surface area contributed by atoms with Gasteiger partial charge in [-0.25, -0.2) is 0 Å². The van der Waals surface area contributed by atoms with Crippen molar-refractivity contribution in [2.75, 3.05) is 0 Å². The summed E-state index contributed by atoms with van der Waals surface area (Å²) in [6, 6.07) is 18.2. The van der Waals surface area contributed by atoms with Crippen molar-refractivity contribution in [1.29, 1.82) is 0 Å². The first-order chi connectivity index (χ1) is 14.5. The number of amides is 1. The van der Waals surface area contributed by atoms with Crippen LogP contribution in [0.4, 0.5) is 0 Å². The van der Waals surface area contributed by atoms with Gasteiger partial charge in [-0.05, 0) is 42.3 Å². The van der Waals surface area contributed by atoms with E-state index in [-0.39, 0.29) is 24.9 Å². The minimum absolute atomic E-state index is 0.0604. The topological polar surface area (TPSA) is 77.5 Å². The highest BCUT2D eigenvalue weighted by Gasteiger charge is 2.18. The Balaban J connectivity index is 1.54. The van der Waals surface area contributed by atoms with E-state index in [0.29, 0.717) is 11.5 Å². The van der Waals surface area contributed by atoms with E-state index in [1.54, 1.807) is 18.5 Å². The van der Waals surface area contributed by atoms with Crippen LogP contribution in [-0.2, 0) is 20.9 Å². The molecule has 0 aliphatic rings. The third-order valence-corrected chi connectivity index (χ3v) is 4.42. The van der Waals surface area contributed by atoms with Crippen LogP contribution in [0.2, 0.25) is 0 Å². The highest BCUT2D eigenvalue weighted by molar-refractivity contribution is 5.76. The number of ether oxygens (including phenoxy) is 2. The molecule has 1 heterocycles. The molecule has 154 valence electrons. The van der Waals surface area contributed by atoms with Gasteiger partial charge in [0.05, 0.1) is 18.7 Å². The van der Waals surface area contributed by atoms with Crippen LogP contribution >= 0.6 is 0 Å². The van der Waals surface area contributed by atoms with E-state index in [1.807, 2.05) is 61.5 Å². The highest BCUT2D eigenvalue weighted by Crippen LogP contribution is 2.22. The Hall–Kier alpha value is -3.67. The number of aromatic nitrogens is 1. The van der Waals surface area contributed by atoms with Crippen LogP contribution in [0.1, 0.15) is 36.1 Å². The van der Waals surface area contributed by atoms with Gasteiger partial charge in [0.1, 0.15) is 18.1 Å². The van der Waals surface area contributed by atoms with Crippen molar-refractivity contribution in [1.82, 2.24) is 10.3 Å². The summed E-state index contributed by atoms with van der Waals surface area (Å²) in [5.41, 5.74) is 2.82. The van der Waals surface area contributed by atoms with E-state index in [1.165, 1.54) is 6.92 Å². The minimum Gasteiger partial charge on any atom is -0.461 e. The monoisotopic (exact) mass is 404 g/mol. The van der Waals surface area contributed by atoms with Gasteiger partial charge >= 0.3 is 5.97 Å². The molecule has 1 amide bonds. The van der Waals surface area contributed by atoms with Crippen LogP contribution in [0.15, 0.2) is 73.1 Å². The fourth-order valence-corrected chi connectivity index (χ4v) is 2.88. The highest BCUT2D eigenvalue weighted by atomic mass is 16.5. The van der Waals surface area contributed by atoms with Crippen molar-refractivity contribution in [3.05, 3.63) is 89.7 Å². The predicted molar refractivity (Wildman–Crippen MR) is 113 cm³/mol. The zero-order chi connectivity index (χ0) is 21.3. The lowest BCUT2D eigenvalue weighted by Gasteiger charge is -2.18. The van der Waals surface area contributed by atoms with Gasteiger partial charge in [-0.3, -0.25) is 14.6 Å². The van der Waals surface area contributed by atoms with Crippen LogP contribution in [0.5, 0.6) is 11.5 Å². The van der Waals surface area contributed by atoms with E-state index in [2.05, 4.69) is 10.3 Å². The summed E-state index contributed by atoms with van der Waals surface area (Å²) >= 11 is 0. The SMILES string of the molecule is CC(=O)N[C@@H](CC(=O)OCc1ccc(Oc2cccnc2)cc1)c1ccc(C)cc1. The first-order valence-corrected chi connectivity index (χ1v) is 9.66. The number of carbonyl (C=O) groups is 2. The number of rotatable bonds is 8. The van der Waals surface area contributed by atoms with Gasteiger partial charge in [0.25, 0.3) is 0 Å². The van der Waals surface area contributed by atoms with Crippen molar-refractivity contribution in [2.45, 2.75) is 32.9 Å². The van der Waals surface area contributed by atoms with E-state index in [0.717, 1.165) is 16.7 Å². The summed E-state index contributed by atoms with van der Waals surface area (Å²) in [5, 5.41) is 2.81. The largest absolute Gasteiger partial charge is 0.461 e. The molecule has 1 N–H and O–H groups in total. The summed E-state index contributed by atoms with van der Waals surface area (Å²) in [6.45, 7) is 3.56. The Labute approximate surface area is 175 Å². The van der Waals surface area contributed by atoms with Gasteiger partial charge in [0, 0.05) is 13.1 Å². The minimum atomic E-state index is -0.425. The predicted octanol–water partition coefficient (Wildman–Crippen LogP) is 4.49. The van der Waals surface area contributed by atoms with E-state index in [4.69, 9.17) is 9.47 Å². The number of hydrogen-bond acceptors (Lipinski definition) is 5. The quantitative estimate of drug-likeness (QED) is 0.560. The molecule has 30 heavy (non-hydrogen) atoms. The third kappa shape index (κ3) is 6.44. The molecule has 0 spiro atoms. The fourth-order valence-electron chi connectivity index (χ4n) is 2.88. The lowest BCUT2D eigenvalue weighted by atomic mass is 10.0. The Morgan fingerprint density at radius 3 is 2.37 bits per heavy atom. The Morgan fingerprint density at radius 2 is 1.73 bits per heavy atom. The standard InChI is InChI=1S/C24H24N2O4/c1-17-5-9-20(10-6-17)23(26-18(2)27)14-24(28)29-16-19-7-11-21(12-8-19)30-22-4-3-13-25-15-22/h3-13,15,23H,14,16H2,1-2H3,(H,26,27)/t23-/m0/s1. The maximum Gasteiger partial charge on any atom is 0.308 e. The number of esters is 1. The number of hydrogen-bond donors (Lipinski definition) is 1. The van der Waals surface area contributed by atoms with Crippen molar-refractivity contribution < 1.29 is 19.1 Å². The van der Waals surface area contributed by atoms with Crippen LogP contribution in [-0.4, -0.2) is 16.9 Å². The molecular formula is C24H24N2O4. The molecule has 1 aromatic heterocycles. The van der Waals surface area contributed by atoms with Gasteiger partial charge in [-0.2, -0.15) is 0 Å². The van der Waals surface area contributed by atoms with Crippen molar-refractivity contribution in [3.8, 4) is 11.5 Å². The fraction of sp³-hybridized carbons (Fsp3) is 0.208. The molecule has 3 aromatic rings. The van der Waals surface area contributed by atoms with Gasteiger partial charge in [0.2, 0.25) is 5.91 Å². The second-order valence-electron chi connectivity index (χ2n) is 6.96. The van der Waals surface area contributed by atoms with Gasteiger partial charge in [-0.1, -0.05) is 42.0 Å². The molecule has 0 radical (unpaired) electrons. The van der Waals surface area contributed by atoms with Crippen molar-refractivity contribution in [3.63, 3.8) is 0 Å². The first kappa shape index (κ1) is 21.0. The average molecular weight is 404 g/mol. The van der Waals surface area contributed by atoms with Crippen LogP contribution < -0.4 is 10.1 Å². The molecule has 1 atom stereocenters. The normalized spacial score (nSPS) is 11.4. The summed E-state index contributed by atoms with van der Waals surface area (Å²) in [5.74, 6) is 0.738. The Bertz CT molecular complexity index is 970. The molecule has 0 unspecified atom stereocenters. The average Bonchev–Trinajstić information content (AvgIpc) is 2.74. The molecule has 0 saturated heterocycles. The smallest absolute Gasteiger partial charge is 0.308 e. The second kappa shape index (κ2) is 10.2. The Kier molecular flexibility index (Phi) is 7.16. The summed E-state index contributed by atoms with van der Waals surface area (Å²) in [4.78, 5) is 27.9. The van der Waals surface area contributed by atoms with Gasteiger partial charge in [-0.15, -0.1) is 0 Å². The lowest BCUT2D eigenvalue weighted by Crippen LogP contribution is -2.28. The van der Waals surface area contributed by atoms with E-state index < -0.39 is 6.04 Å². The molecule has 0 aliphatic carbocycles. The number of nitrogens with one attached hydrogen (secondary N) is 1. The number of aryl methyl sites for hydroxylation is 1. The zero-order valence-electron chi connectivity index (χ0n) is 17.0. The zero-order valence-corrected chi connectivity index (χ0v) is 17.0. The van der Waals surface area contributed by atoms with Crippen LogP contribution in [0.3, 0.4) is 0 Å². The van der Waals surface area contributed by atoms with Crippen LogP contribution in [0, 0.1) is 6.92 Å². The molecule has 0 saturated carbocycles. The van der Waals surface area contributed by atoms with E-state index in [9.17, 15) is 9.59 Å². The second-order valence-corrected chi connectivity index (χ2v) is 6.96. The van der Waals surface area contributed by atoms with Crippen LogP contribution in [0.25, 0.3) is 0 Å². The maximum atomic E-state index is 12.4. The van der Waals surface area contributed by atoms with Gasteiger partial charge < -0.3 is 14.8 Å². The Morgan fingerprint density at radius 1 is 1.00 bits per heavy atom. The summed E-state index contributed by atoms with van der Waals surface area (Å²) in [7, 11) is 0. The molecule has 6 heteroatoms. The lowest BCUT2D eigenvalue weighted by molar-refractivity contribution is -0.145. The molecule has 3 rings (SSSR count). The summed E-state index contributed by atoms with van der Waals surface area (Å²) < 4.78 is 11.1. The maximum absolute atomic E-state index is 12.4. The third-order valence-electron chi connectivity index (χ3n) is 4.42. The number of carbonyl (C=O) groups excluding carboxylic acids is 2. The summed E-state index contributed by atoms with van der Waals surface area (Å²) in [6.07, 6.45) is 3.37. The van der Waals surface area contributed by atoms with Gasteiger partial charge in [0.15, 0.2) is 0 Å². The molecule has 6 nitrogen and oxygen atoms in total. The number of benzene rings is 2. The molecule has 2 aromatic carbocycles. The number of pyridine rings is 1. The number of nitrogens with zero attached hydrogens (tertiary/aromatic N) is 1. The van der Waals surface area contributed by atoms with E-state index >= 15 is 0 Å². The molecule has 0 aliphatic heterocycles. The molecule has 0 fully saturated rings. The molecule has 0 bridgehead atoms. The van der Waals surface area contributed by atoms with Crippen molar-refractivity contribution in [2.24, 2.45) is 0 Å². The molecular weight excluding hydrogens is 380 g/mol. The first-order valence-electron chi connectivity index (χ1n) is 9.66. The van der Waals surface area contributed by atoms with Crippen molar-refractivity contribution >= 4 is 11.9 Å².